The summed E-state index contributed by atoms with van der Waals surface area (Å²) in [6.45, 7) is 11.3. The maximum Gasteiger partial charge on any atom is 0.257 e. The fourth-order valence-electron chi connectivity index (χ4n) is 4.96. The third kappa shape index (κ3) is 4.23. The van der Waals surface area contributed by atoms with Gasteiger partial charge in [0.1, 0.15) is 0 Å². The van der Waals surface area contributed by atoms with Crippen molar-refractivity contribution in [2.75, 3.05) is 39.5 Å². The first-order chi connectivity index (χ1) is 17.0. The molecule has 0 atom stereocenters. The van der Waals surface area contributed by atoms with E-state index < -0.39 is 5.79 Å². The van der Waals surface area contributed by atoms with Gasteiger partial charge in [-0.1, -0.05) is 6.07 Å². The highest BCUT2D eigenvalue weighted by molar-refractivity contribution is 5.95. The molecule has 1 aromatic carbocycles. The number of aryl methyl sites for hydroxylation is 2. The highest BCUT2D eigenvalue weighted by Crippen LogP contribution is 2.36. The Bertz CT molecular complexity index is 1240. The van der Waals surface area contributed by atoms with Gasteiger partial charge < -0.3 is 23.8 Å². The Morgan fingerprint density at radius 3 is 2.43 bits per heavy atom. The van der Waals surface area contributed by atoms with Crippen molar-refractivity contribution in [2.24, 2.45) is 0 Å². The van der Waals surface area contributed by atoms with E-state index in [9.17, 15) is 4.79 Å². The average Bonchev–Trinajstić information content (AvgIpc) is 3.45. The molecule has 0 unspecified atom stereocenters. The molecule has 5 rings (SSSR count). The third-order valence-corrected chi connectivity index (χ3v) is 6.75. The lowest BCUT2D eigenvalue weighted by Crippen LogP contribution is -2.47. The monoisotopic (exact) mass is 480 g/mol. The number of fused-ring (bicyclic) bond motifs is 1. The van der Waals surface area contributed by atoms with Crippen LogP contribution in [0.1, 0.15) is 48.4 Å². The first-order valence-corrected chi connectivity index (χ1v) is 12.3. The lowest BCUT2D eigenvalue weighted by molar-refractivity contribution is -0.181. The Morgan fingerprint density at radius 1 is 1.06 bits per heavy atom. The number of carbonyl (C=O) groups excluding carboxylic acids is 1. The van der Waals surface area contributed by atoms with Crippen molar-refractivity contribution in [1.82, 2.24) is 19.5 Å². The van der Waals surface area contributed by atoms with E-state index in [1.54, 1.807) is 10.7 Å². The summed E-state index contributed by atoms with van der Waals surface area (Å²) >= 11 is 0. The zero-order valence-electron chi connectivity index (χ0n) is 20.8. The van der Waals surface area contributed by atoms with Crippen molar-refractivity contribution >= 4 is 11.6 Å². The number of carbonyl (C=O) groups is 1. The molecule has 0 bridgehead atoms. The van der Waals surface area contributed by atoms with Crippen LogP contribution in [0.4, 0.5) is 0 Å². The second-order valence-electron chi connectivity index (χ2n) is 8.88. The SMILES string of the molecule is CCOc1ccc(-c2c(C)nn3c(C)c(C(=O)N4CCC5(CC4)OCCO5)cnc23)cc1OCC. The number of hydrogen-bond acceptors (Lipinski definition) is 7. The zero-order chi connectivity index (χ0) is 24.6. The van der Waals surface area contributed by atoms with Crippen LogP contribution in [0.3, 0.4) is 0 Å². The minimum Gasteiger partial charge on any atom is -0.490 e. The van der Waals surface area contributed by atoms with E-state index in [2.05, 4.69) is 0 Å². The zero-order valence-corrected chi connectivity index (χ0v) is 20.8. The molecule has 9 nitrogen and oxygen atoms in total. The molecule has 2 fully saturated rings. The number of benzene rings is 1. The molecule has 0 N–H and O–H groups in total. The van der Waals surface area contributed by atoms with Crippen LogP contribution < -0.4 is 9.47 Å². The smallest absolute Gasteiger partial charge is 0.257 e. The average molecular weight is 481 g/mol. The minimum absolute atomic E-state index is 0.0425. The maximum atomic E-state index is 13.4. The van der Waals surface area contributed by atoms with Crippen LogP contribution in [0.25, 0.3) is 16.8 Å². The number of likely N-dealkylation sites (tertiary alicyclic amines) is 1. The summed E-state index contributed by atoms with van der Waals surface area (Å²) in [7, 11) is 0. The van der Waals surface area contributed by atoms with Gasteiger partial charge >= 0.3 is 0 Å². The predicted molar refractivity (Wildman–Crippen MR) is 130 cm³/mol. The van der Waals surface area contributed by atoms with Gasteiger partial charge in [0.25, 0.3) is 5.91 Å². The molecular weight excluding hydrogens is 448 g/mol. The van der Waals surface area contributed by atoms with Crippen LogP contribution in [-0.4, -0.2) is 70.7 Å². The van der Waals surface area contributed by atoms with Crippen LogP contribution >= 0.6 is 0 Å². The lowest BCUT2D eigenvalue weighted by atomic mass is 10.0. The molecule has 4 heterocycles. The van der Waals surface area contributed by atoms with Gasteiger partial charge in [-0.3, -0.25) is 4.79 Å². The standard InChI is InChI=1S/C26H32N4O5/c1-5-32-21-8-7-19(15-22(21)33-6-2)23-17(3)28-30-18(4)20(16-27-24(23)30)25(31)29-11-9-26(10-12-29)34-13-14-35-26/h7-8,15-16H,5-6,9-14H2,1-4H3. The van der Waals surface area contributed by atoms with Gasteiger partial charge in [0, 0.05) is 37.7 Å². The highest BCUT2D eigenvalue weighted by atomic mass is 16.7. The molecule has 2 aliphatic heterocycles. The first kappa shape index (κ1) is 23.6. The van der Waals surface area contributed by atoms with E-state index in [4.69, 9.17) is 29.0 Å². The van der Waals surface area contributed by atoms with Gasteiger partial charge in [0.2, 0.25) is 0 Å². The Kier molecular flexibility index (Phi) is 6.37. The summed E-state index contributed by atoms with van der Waals surface area (Å²) in [4.78, 5) is 19.9. The molecule has 0 saturated carbocycles. The molecule has 2 aliphatic rings. The second kappa shape index (κ2) is 9.47. The number of nitrogens with zero attached hydrogens (tertiary/aromatic N) is 4. The van der Waals surface area contributed by atoms with Crippen LogP contribution in [0.5, 0.6) is 11.5 Å². The van der Waals surface area contributed by atoms with Crippen molar-refractivity contribution < 1.29 is 23.7 Å². The van der Waals surface area contributed by atoms with E-state index in [-0.39, 0.29) is 5.91 Å². The van der Waals surface area contributed by atoms with Gasteiger partial charge in [-0.05, 0) is 45.4 Å². The van der Waals surface area contributed by atoms with Gasteiger partial charge in [0.05, 0.1) is 43.4 Å². The number of ether oxygens (including phenoxy) is 4. The largest absolute Gasteiger partial charge is 0.490 e. The van der Waals surface area contributed by atoms with Crippen molar-refractivity contribution in [1.29, 1.82) is 0 Å². The fourth-order valence-corrected chi connectivity index (χ4v) is 4.96. The summed E-state index contributed by atoms with van der Waals surface area (Å²) in [6, 6.07) is 5.87. The van der Waals surface area contributed by atoms with Gasteiger partial charge in [-0.2, -0.15) is 5.10 Å². The summed E-state index contributed by atoms with van der Waals surface area (Å²) in [5.74, 6) is 0.840. The summed E-state index contributed by atoms with van der Waals surface area (Å²) < 4.78 is 24.9. The molecule has 35 heavy (non-hydrogen) atoms. The molecule has 2 aromatic heterocycles. The van der Waals surface area contributed by atoms with Crippen LogP contribution in [0.2, 0.25) is 0 Å². The molecule has 1 amide bonds. The first-order valence-electron chi connectivity index (χ1n) is 12.3. The third-order valence-electron chi connectivity index (χ3n) is 6.75. The van der Waals surface area contributed by atoms with E-state index in [1.807, 2.05) is 50.8 Å². The lowest BCUT2D eigenvalue weighted by Gasteiger charge is -2.37. The minimum atomic E-state index is -0.514. The predicted octanol–water partition coefficient (Wildman–Crippen LogP) is 3.79. The van der Waals surface area contributed by atoms with Gasteiger partial charge in [-0.25, -0.2) is 9.50 Å². The molecule has 2 saturated heterocycles. The molecule has 186 valence electrons. The summed E-state index contributed by atoms with van der Waals surface area (Å²) in [5.41, 5.74) is 4.69. The maximum absolute atomic E-state index is 13.4. The number of hydrogen-bond donors (Lipinski definition) is 0. The van der Waals surface area contributed by atoms with Gasteiger partial charge in [0.15, 0.2) is 22.9 Å². The number of aromatic nitrogens is 3. The molecule has 1 spiro atoms. The molecule has 0 radical (unpaired) electrons. The number of rotatable bonds is 6. The fraction of sp³-hybridized carbons (Fsp3) is 0.500. The van der Waals surface area contributed by atoms with Crippen LogP contribution in [-0.2, 0) is 9.47 Å². The number of amides is 1. The summed E-state index contributed by atoms with van der Waals surface area (Å²) in [6.07, 6.45) is 3.03. The Balaban J connectivity index is 1.45. The summed E-state index contributed by atoms with van der Waals surface area (Å²) in [5, 5.41) is 4.74. The van der Waals surface area contributed by atoms with Crippen molar-refractivity contribution in [3.05, 3.63) is 41.3 Å². The normalized spacial score (nSPS) is 17.3. The second-order valence-corrected chi connectivity index (χ2v) is 8.88. The molecule has 9 heteroatoms. The van der Waals surface area contributed by atoms with Gasteiger partial charge in [-0.15, -0.1) is 0 Å². The van der Waals surface area contributed by atoms with Crippen LogP contribution in [0.15, 0.2) is 24.4 Å². The highest BCUT2D eigenvalue weighted by Gasteiger charge is 2.41. The Morgan fingerprint density at radius 2 is 1.74 bits per heavy atom. The van der Waals surface area contributed by atoms with E-state index in [0.29, 0.717) is 75.1 Å². The Hall–Kier alpha value is -3.17. The van der Waals surface area contributed by atoms with Crippen LogP contribution in [0, 0.1) is 13.8 Å². The molecular formula is C26H32N4O5. The molecule has 3 aromatic rings. The quantitative estimate of drug-likeness (QED) is 0.530. The van der Waals surface area contributed by atoms with E-state index in [1.165, 1.54) is 0 Å². The van der Waals surface area contributed by atoms with E-state index in [0.717, 1.165) is 22.5 Å². The molecule has 0 aliphatic carbocycles. The Labute approximate surface area is 204 Å². The van der Waals surface area contributed by atoms with E-state index >= 15 is 0 Å². The van der Waals surface area contributed by atoms with Crippen molar-refractivity contribution in [2.45, 2.75) is 46.3 Å². The topological polar surface area (TPSA) is 87.4 Å². The van der Waals surface area contributed by atoms with Crippen molar-refractivity contribution in [3.63, 3.8) is 0 Å². The van der Waals surface area contributed by atoms with Crippen molar-refractivity contribution in [3.8, 4) is 22.6 Å². The number of piperidine rings is 1.